The summed E-state index contributed by atoms with van der Waals surface area (Å²) in [6, 6.07) is 9.99. The van der Waals surface area contributed by atoms with Gasteiger partial charge in [0.15, 0.2) is 0 Å². The number of alkyl halides is 1. The highest BCUT2D eigenvalue weighted by Gasteiger charge is 1.91. The lowest BCUT2D eigenvalue weighted by atomic mass is 10.1. The van der Waals surface area contributed by atoms with E-state index in [-0.39, 0.29) is 0 Å². The highest BCUT2D eigenvalue weighted by atomic mass is 35.5. The van der Waals surface area contributed by atoms with E-state index in [1.807, 2.05) is 30.3 Å². The Morgan fingerprint density at radius 2 is 1.24 bits per heavy atom. The molecule has 0 saturated carbocycles. The maximum absolute atomic E-state index is 5.60. The Kier molecular flexibility index (Phi) is 17.1. The summed E-state index contributed by atoms with van der Waals surface area (Å²) in [5.41, 5.74) is 6.54. The minimum atomic E-state index is 0.640. The van der Waals surface area contributed by atoms with Gasteiger partial charge in [-0.05, 0) is 12.0 Å². The number of nitrogens with two attached hydrogens (primary N) is 1. The van der Waals surface area contributed by atoms with E-state index in [0.29, 0.717) is 6.54 Å². The smallest absolute Gasteiger partial charge is 0.0223 e. The fraction of sp³-hybridized carbons (Fsp3) is 0.684. The lowest BCUT2D eigenvalue weighted by molar-refractivity contribution is 0.563. The molecule has 122 valence electrons. The Bertz CT molecular complexity index is 277. The van der Waals surface area contributed by atoms with Crippen LogP contribution in [0.3, 0.4) is 0 Å². The van der Waals surface area contributed by atoms with E-state index < -0.39 is 0 Å². The second-order valence-corrected chi connectivity index (χ2v) is 5.94. The fourth-order valence-corrected chi connectivity index (χ4v) is 2.39. The zero-order chi connectivity index (χ0) is 15.6. The number of hydrogen-bond acceptors (Lipinski definition) is 1. The van der Waals surface area contributed by atoms with Crippen LogP contribution >= 0.6 is 11.6 Å². The molecule has 1 aromatic carbocycles. The largest absolute Gasteiger partial charge is 0.326 e. The normalized spacial score (nSPS) is 10.0. The number of benzene rings is 1. The highest BCUT2D eigenvalue weighted by molar-refractivity contribution is 6.17. The molecule has 0 amide bonds. The summed E-state index contributed by atoms with van der Waals surface area (Å²) in [5.74, 6) is 0.844. The summed E-state index contributed by atoms with van der Waals surface area (Å²) in [4.78, 5) is 0. The summed E-state index contributed by atoms with van der Waals surface area (Å²) >= 11 is 5.60. The van der Waals surface area contributed by atoms with Crippen molar-refractivity contribution in [3.05, 3.63) is 35.9 Å². The van der Waals surface area contributed by atoms with Gasteiger partial charge in [0, 0.05) is 12.4 Å². The Morgan fingerprint density at radius 3 is 1.62 bits per heavy atom. The number of rotatable bonds is 11. The third-order valence-corrected chi connectivity index (χ3v) is 3.83. The number of hydrogen-bond donors (Lipinski definition) is 1. The number of unbranched alkanes of at least 4 members (excludes halogenated alkanes) is 9. The monoisotopic (exact) mass is 311 g/mol. The van der Waals surface area contributed by atoms with Crippen LogP contribution in [0.2, 0.25) is 0 Å². The Hall–Kier alpha value is -0.530. The molecule has 0 aromatic heterocycles. The van der Waals surface area contributed by atoms with Crippen molar-refractivity contribution in [3.63, 3.8) is 0 Å². The lowest BCUT2D eigenvalue weighted by Gasteiger charge is -2.00. The first-order valence-electron chi connectivity index (χ1n) is 8.65. The average molecular weight is 312 g/mol. The summed E-state index contributed by atoms with van der Waals surface area (Å²) < 4.78 is 0. The van der Waals surface area contributed by atoms with Crippen molar-refractivity contribution < 1.29 is 0 Å². The Balaban J connectivity index is 0.000000423. The van der Waals surface area contributed by atoms with Crippen molar-refractivity contribution in [2.45, 2.75) is 77.7 Å². The van der Waals surface area contributed by atoms with E-state index in [2.05, 4.69) is 6.92 Å². The summed E-state index contributed by atoms with van der Waals surface area (Å²) in [6.07, 6.45) is 13.9. The van der Waals surface area contributed by atoms with E-state index in [1.54, 1.807) is 0 Å². The van der Waals surface area contributed by atoms with Gasteiger partial charge in [-0.15, -0.1) is 11.6 Å². The average Bonchev–Trinajstić information content (AvgIpc) is 2.55. The molecule has 0 saturated heterocycles. The third-order valence-electron chi connectivity index (χ3n) is 3.57. The van der Waals surface area contributed by atoms with Gasteiger partial charge in [0.05, 0.1) is 0 Å². The molecule has 0 atom stereocenters. The predicted octanol–water partition coefficient (Wildman–Crippen LogP) is 6.29. The van der Waals surface area contributed by atoms with Gasteiger partial charge in [-0.25, -0.2) is 0 Å². The number of halogens is 1. The first-order chi connectivity index (χ1) is 10.3. The maximum Gasteiger partial charge on any atom is 0.0223 e. The SMILES string of the molecule is CCCCCCCCCCCCCl.NCc1ccccc1. The van der Waals surface area contributed by atoms with Crippen molar-refractivity contribution in [2.75, 3.05) is 5.88 Å². The van der Waals surface area contributed by atoms with Crippen molar-refractivity contribution in [1.82, 2.24) is 0 Å². The molecule has 0 aliphatic carbocycles. The van der Waals surface area contributed by atoms with E-state index in [9.17, 15) is 0 Å². The predicted molar refractivity (Wildman–Crippen MR) is 96.9 cm³/mol. The van der Waals surface area contributed by atoms with Gasteiger partial charge in [-0.1, -0.05) is 95.0 Å². The Labute approximate surface area is 137 Å². The third kappa shape index (κ3) is 15.7. The molecule has 0 bridgehead atoms. The summed E-state index contributed by atoms with van der Waals surface area (Å²) in [7, 11) is 0. The maximum atomic E-state index is 5.60. The van der Waals surface area contributed by atoms with Gasteiger partial charge < -0.3 is 5.73 Å². The second-order valence-electron chi connectivity index (χ2n) is 5.56. The molecule has 1 aromatic rings. The fourth-order valence-electron chi connectivity index (χ4n) is 2.20. The van der Waals surface area contributed by atoms with E-state index in [0.717, 1.165) is 5.88 Å². The zero-order valence-corrected chi connectivity index (χ0v) is 14.6. The van der Waals surface area contributed by atoms with Crippen LogP contribution in [0.4, 0.5) is 0 Å². The highest BCUT2D eigenvalue weighted by Crippen LogP contribution is 2.10. The molecule has 0 spiro atoms. The molecule has 0 aliphatic heterocycles. The molecular weight excluding hydrogens is 278 g/mol. The zero-order valence-electron chi connectivity index (χ0n) is 13.8. The second kappa shape index (κ2) is 17.5. The van der Waals surface area contributed by atoms with Crippen LogP contribution in [0.15, 0.2) is 30.3 Å². The first-order valence-corrected chi connectivity index (χ1v) is 9.18. The van der Waals surface area contributed by atoms with Crippen LogP contribution in [0.25, 0.3) is 0 Å². The molecule has 2 heteroatoms. The van der Waals surface area contributed by atoms with Gasteiger partial charge in [0.2, 0.25) is 0 Å². The molecule has 0 unspecified atom stereocenters. The molecule has 0 radical (unpaired) electrons. The van der Waals surface area contributed by atoms with E-state index in [4.69, 9.17) is 17.3 Å². The van der Waals surface area contributed by atoms with Gasteiger partial charge in [-0.2, -0.15) is 0 Å². The van der Waals surface area contributed by atoms with Gasteiger partial charge >= 0.3 is 0 Å². The Morgan fingerprint density at radius 1 is 0.762 bits per heavy atom. The van der Waals surface area contributed by atoms with E-state index in [1.165, 1.54) is 69.8 Å². The van der Waals surface area contributed by atoms with Crippen molar-refractivity contribution in [1.29, 1.82) is 0 Å². The molecule has 21 heavy (non-hydrogen) atoms. The minimum absolute atomic E-state index is 0.640. The van der Waals surface area contributed by atoms with Crippen LogP contribution in [-0.2, 0) is 6.54 Å². The lowest BCUT2D eigenvalue weighted by Crippen LogP contribution is -1.94. The van der Waals surface area contributed by atoms with Crippen molar-refractivity contribution in [3.8, 4) is 0 Å². The summed E-state index contributed by atoms with van der Waals surface area (Å²) in [5, 5.41) is 0. The molecule has 0 aliphatic rings. The molecule has 2 N–H and O–H groups in total. The van der Waals surface area contributed by atoms with Crippen LogP contribution in [0.1, 0.15) is 76.7 Å². The molecule has 0 fully saturated rings. The van der Waals surface area contributed by atoms with Crippen LogP contribution in [0.5, 0.6) is 0 Å². The quantitative estimate of drug-likeness (QED) is 0.377. The molecule has 1 nitrogen and oxygen atoms in total. The van der Waals surface area contributed by atoms with Gasteiger partial charge in [-0.3, -0.25) is 0 Å². The van der Waals surface area contributed by atoms with Crippen LogP contribution < -0.4 is 5.73 Å². The van der Waals surface area contributed by atoms with Crippen LogP contribution in [0, 0.1) is 0 Å². The van der Waals surface area contributed by atoms with Crippen molar-refractivity contribution >= 4 is 11.6 Å². The van der Waals surface area contributed by atoms with Crippen molar-refractivity contribution in [2.24, 2.45) is 5.73 Å². The van der Waals surface area contributed by atoms with E-state index >= 15 is 0 Å². The summed E-state index contributed by atoms with van der Waals surface area (Å²) in [6.45, 7) is 2.91. The molecule has 1 rings (SSSR count). The standard InChI is InChI=1S/C12H25Cl.C7H9N/c1-2-3-4-5-6-7-8-9-10-11-12-13;8-6-7-4-2-1-3-5-7/h2-12H2,1H3;1-5H,6,8H2. The van der Waals surface area contributed by atoms with Gasteiger partial charge in [0.1, 0.15) is 0 Å². The molecular formula is C19H34ClN. The van der Waals surface area contributed by atoms with Crippen LogP contribution in [-0.4, -0.2) is 5.88 Å². The minimum Gasteiger partial charge on any atom is -0.326 e. The van der Waals surface area contributed by atoms with Gasteiger partial charge in [0.25, 0.3) is 0 Å². The topological polar surface area (TPSA) is 26.0 Å². The molecule has 0 heterocycles. The first kappa shape index (κ1) is 20.5.